The lowest BCUT2D eigenvalue weighted by Gasteiger charge is -2.39. The van der Waals surface area contributed by atoms with Crippen LogP contribution in [0.3, 0.4) is 0 Å². The molecular weight excluding hydrogens is 356 g/mol. The summed E-state index contributed by atoms with van der Waals surface area (Å²) < 4.78 is 31.2. The lowest BCUT2D eigenvalue weighted by molar-refractivity contribution is -0.135. The van der Waals surface area contributed by atoms with Gasteiger partial charge in [-0.3, -0.25) is 9.59 Å². The van der Waals surface area contributed by atoms with Gasteiger partial charge in [0.2, 0.25) is 5.91 Å². The van der Waals surface area contributed by atoms with E-state index in [-0.39, 0.29) is 12.5 Å². The van der Waals surface area contributed by atoms with Crippen molar-refractivity contribution in [2.24, 2.45) is 11.8 Å². The van der Waals surface area contributed by atoms with E-state index in [1.54, 1.807) is 24.3 Å². The predicted octanol–water partition coefficient (Wildman–Crippen LogP) is 0.610. The number of β-lactam (4-membered cyclic amide) rings is 1. The van der Waals surface area contributed by atoms with Gasteiger partial charge in [-0.25, -0.2) is 8.42 Å². The first kappa shape index (κ1) is 17.3. The minimum absolute atomic E-state index is 0.195. The van der Waals surface area contributed by atoms with Gasteiger partial charge in [0.15, 0.2) is 21.8 Å². The predicted molar refractivity (Wildman–Crippen MR) is 94.0 cm³/mol. The van der Waals surface area contributed by atoms with Crippen LogP contribution >= 0.6 is 0 Å². The number of rotatable bonds is 6. The fourth-order valence-electron chi connectivity index (χ4n) is 4.43. The molecule has 140 valence electrons. The van der Waals surface area contributed by atoms with E-state index in [0.29, 0.717) is 18.1 Å². The smallest absolute Gasteiger partial charge is 0.258 e. The lowest BCUT2D eigenvalue weighted by atomic mass is 10.0. The van der Waals surface area contributed by atoms with Crippen LogP contribution in [-0.2, 0) is 19.4 Å². The Hall–Kier alpha value is -2.09. The van der Waals surface area contributed by atoms with E-state index in [1.165, 1.54) is 0 Å². The van der Waals surface area contributed by atoms with E-state index in [4.69, 9.17) is 4.74 Å². The molecule has 0 spiro atoms. The number of nitrogens with one attached hydrogen (secondary N) is 2. The fraction of sp³-hybridized carbons (Fsp3) is 0.556. The summed E-state index contributed by atoms with van der Waals surface area (Å²) in [5, 5.41) is 3.55. The highest BCUT2D eigenvalue weighted by molar-refractivity contribution is 7.92. The summed E-state index contributed by atoms with van der Waals surface area (Å²) in [6, 6.07) is 7.79. The van der Waals surface area contributed by atoms with Gasteiger partial charge in [0, 0.05) is 0 Å². The van der Waals surface area contributed by atoms with Crippen molar-refractivity contribution < 1.29 is 22.7 Å². The van der Waals surface area contributed by atoms with Gasteiger partial charge in [0.05, 0.1) is 5.25 Å². The van der Waals surface area contributed by atoms with E-state index < -0.39 is 38.3 Å². The Morgan fingerprint density at radius 1 is 1.19 bits per heavy atom. The number of amides is 2. The van der Waals surface area contributed by atoms with Crippen molar-refractivity contribution in [1.82, 2.24) is 10.6 Å². The van der Waals surface area contributed by atoms with Crippen LogP contribution in [0.25, 0.3) is 0 Å². The molecule has 2 N–H and O–H groups in total. The van der Waals surface area contributed by atoms with E-state index in [0.717, 1.165) is 19.3 Å². The summed E-state index contributed by atoms with van der Waals surface area (Å²) >= 11 is 0. The molecule has 0 radical (unpaired) electrons. The monoisotopic (exact) mass is 378 g/mol. The summed E-state index contributed by atoms with van der Waals surface area (Å²) in [5.41, 5.74) is 0. The molecule has 2 aliphatic carbocycles. The van der Waals surface area contributed by atoms with Crippen LogP contribution in [0.5, 0.6) is 5.75 Å². The van der Waals surface area contributed by atoms with E-state index in [2.05, 4.69) is 10.6 Å². The van der Waals surface area contributed by atoms with Gasteiger partial charge in [-0.1, -0.05) is 24.6 Å². The minimum Gasteiger partial charge on any atom is -0.484 e. The molecule has 5 atom stereocenters. The van der Waals surface area contributed by atoms with Crippen LogP contribution in [-0.4, -0.2) is 43.5 Å². The Labute approximate surface area is 152 Å². The van der Waals surface area contributed by atoms with Crippen molar-refractivity contribution in [3.8, 4) is 5.75 Å². The van der Waals surface area contributed by atoms with Gasteiger partial charge in [-0.2, -0.15) is 0 Å². The van der Waals surface area contributed by atoms with Gasteiger partial charge in [0.1, 0.15) is 11.8 Å². The molecule has 8 heteroatoms. The molecule has 3 fully saturated rings. The SMILES string of the molecule is O=C(COc1ccccc1)N[C@@H]1C(=O)N[C@@H]1S(=O)(=O)C1CC2CCC1C2. The van der Waals surface area contributed by atoms with Crippen molar-refractivity contribution >= 4 is 21.7 Å². The van der Waals surface area contributed by atoms with Crippen molar-refractivity contribution in [2.75, 3.05) is 6.61 Å². The second kappa shape index (κ2) is 6.57. The van der Waals surface area contributed by atoms with Crippen molar-refractivity contribution in [3.05, 3.63) is 30.3 Å². The van der Waals surface area contributed by atoms with Gasteiger partial charge in [-0.15, -0.1) is 0 Å². The van der Waals surface area contributed by atoms with Gasteiger partial charge < -0.3 is 15.4 Å². The van der Waals surface area contributed by atoms with E-state index >= 15 is 0 Å². The second-order valence-corrected chi connectivity index (χ2v) is 9.67. The molecule has 2 amide bonds. The Morgan fingerprint density at radius 3 is 2.58 bits per heavy atom. The number of carbonyl (C=O) groups is 2. The summed E-state index contributed by atoms with van der Waals surface area (Å²) in [6.45, 7) is -0.269. The molecule has 1 heterocycles. The zero-order valence-electron chi connectivity index (χ0n) is 14.3. The highest BCUT2D eigenvalue weighted by atomic mass is 32.2. The molecule has 3 unspecified atom stereocenters. The molecule has 1 aromatic carbocycles. The van der Waals surface area contributed by atoms with Crippen LogP contribution in [0.15, 0.2) is 30.3 Å². The fourth-order valence-corrected chi connectivity index (χ4v) is 6.98. The average molecular weight is 378 g/mol. The zero-order valence-corrected chi connectivity index (χ0v) is 15.1. The number of benzene rings is 1. The molecule has 0 aromatic heterocycles. The standard InChI is InChI=1S/C18H22N2O5S/c21-15(10-25-13-4-2-1-3-5-13)19-16-17(22)20-18(16)26(23,24)14-9-11-6-7-12(14)8-11/h1-5,11-12,14,16,18H,6-10H2,(H,19,21)(H,20,22)/t11?,12?,14?,16-,18-/m1/s1. The Balaban J connectivity index is 1.37. The topological polar surface area (TPSA) is 102 Å². The Morgan fingerprint density at radius 2 is 1.96 bits per heavy atom. The summed E-state index contributed by atoms with van der Waals surface area (Å²) in [7, 11) is -3.52. The van der Waals surface area contributed by atoms with Crippen molar-refractivity contribution in [1.29, 1.82) is 0 Å². The molecule has 4 rings (SSSR count). The van der Waals surface area contributed by atoms with Gasteiger partial charge >= 0.3 is 0 Å². The third-order valence-corrected chi connectivity index (χ3v) is 8.27. The molecule has 2 bridgehead atoms. The first-order chi connectivity index (χ1) is 12.4. The van der Waals surface area contributed by atoms with Gasteiger partial charge in [0.25, 0.3) is 5.91 Å². The number of hydrogen-bond acceptors (Lipinski definition) is 5. The number of carbonyl (C=O) groups excluding carboxylic acids is 2. The largest absolute Gasteiger partial charge is 0.484 e. The minimum atomic E-state index is -3.52. The second-order valence-electron chi connectivity index (χ2n) is 7.38. The molecular formula is C18H22N2O5S. The van der Waals surface area contributed by atoms with Crippen LogP contribution in [0.1, 0.15) is 25.7 Å². The number of hydrogen-bond donors (Lipinski definition) is 2. The van der Waals surface area contributed by atoms with Crippen molar-refractivity contribution in [3.63, 3.8) is 0 Å². The maximum atomic E-state index is 12.9. The third kappa shape index (κ3) is 3.06. The number of ether oxygens (including phenoxy) is 1. The van der Waals surface area contributed by atoms with E-state index in [9.17, 15) is 18.0 Å². The summed E-state index contributed by atoms with van der Waals surface area (Å²) in [5.74, 6) is 0.242. The molecule has 1 saturated heterocycles. The Bertz CT molecular complexity index is 810. The summed E-state index contributed by atoms with van der Waals surface area (Å²) in [4.78, 5) is 23.9. The normalized spacial score (nSPS) is 32.6. The first-order valence-electron chi connectivity index (χ1n) is 8.95. The van der Waals surface area contributed by atoms with Gasteiger partial charge in [-0.05, 0) is 43.2 Å². The zero-order chi connectivity index (χ0) is 18.3. The highest BCUT2D eigenvalue weighted by Gasteiger charge is 2.55. The van der Waals surface area contributed by atoms with Crippen LogP contribution in [0.2, 0.25) is 0 Å². The number of fused-ring (bicyclic) bond motifs is 2. The lowest BCUT2D eigenvalue weighted by Crippen LogP contribution is -2.73. The number of sulfone groups is 1. The first-order valence-corrected chi connectivity index (χ1v) is 10.6. The van der Waals surface area contributed by atoms with Crippen LogP contribution in [0, 0.1) is 11.8 Å². The average Bonchev–Trinajstić information content (AvgIpc) is 3.27. The molecule has 7 nitrogen and oxygen atoms in total. The number of para-hydroxylation sites is 1. The van der Waals surface area contributed by atoms with E-state index in [1.807, 2.05) is 6.07 Å². The Kier molecular flexibility index (Phi) is 4.38. The molecule has 1 aromatic rings. The highest BCUT2D eigenvalue weighted by Crippen LogP contribution is 2.48. The quantitative estimate of drug-likeness (QED) is 0.706. The molecule has 26 heavy (non-hydrogen) atoms. The molecule has 3 aliphatic rings. The maximum Gasteiger partial charge on any atom is 0.258 e. The molecule has 2 saturated carbocycles. The molecule has 1 aliphatic heterocycles. The maximum absolute atomic E-state index is 12.9. The van der Waals surface area contributed by atoms with Crippen LogP contribution < -0.4 is 15.4 Å². The van der Waals surface area contributed by atoms with Crippen LogP contribution in [0.4, 0.5) is 0 Å². The van der Waals surface area contributed by atoms with Crippen molar-refractivity contribution in [2.45, 2.75) is 42.3 Å². The summed E-state index contributed by atoms with van der Waals surface area (Å²) in [6.07, 6.45) is 3.69. The third-order valence-electron chi connectivity index (χ3n) is 5.75.